The van der Waals surface area contributed by atoms with Crippen molar-refractivity contribution >= 4 is 46.2 Å². The van der Waals surface area contributed by atoms with Crippen LogP contribution in [0.5, 0.6) is 11.5 Å². The average molecular weight is 484 g/mol. The van der Waals surface area contributed by atoms with Gasteiger partial charge >= 0.3 is 0 Å². The van der Waals surface area contributed by atoms with Crippen molar-refractivity contribution in [2.45, 2.75) is 6.54 Å². The quantitative estimate of drug-likeness (QED) is 0.552. The van der Waals surface area contributed by atoms with Crippen LogP contribution in [0.1, 0.15) is 5.56 Å². The van der Waals surface area contributed by atoms with Gasteiger partial charge < -0.3 is 24.4 Å². The maximum Gasteiger partial charge on any atom is 0.173 e. The van der Waals surface area contributed by atoms with Gasteiger partial charge in [-0.2, -0.15) is 0 Å². The van der Waals surface area contributed by atoms with Gasteiger partial charge in [-0.1, -0.05) is 29.3 Å². The molecule has 1 fully saturated rings. The number of hydrogen-bond donors (Lipinski definition) is 1. The summed E-state index contributed by atoms with van der Waals surface area (Å²) in [5.74, 6) is 1.39. The first-order valence-corrected chi connectivity index (χ1v) is 11.2. The molecule has 1 heterocycles. The number of nitrogens with one attached hydrogen (secondary N) is 1. The average Bonchev–Trinajstić information content (AvgIpc) is 2.79. The SMILES string of the molecule is COc1ccc(CN(CCN2CCOCC2)C(=S)Nc2ccc(Cl)c(Cl)c2)cc1OC. The second kappa shape index (κ2) is 11.7. The van der Waals surface area contributed by atoms with Crippen molar-refractivity contribution in [3.63, 3.8) is 0 Å². The van der Waals surface area contributed by atoms with E-state index in [0.717, 1.165) is 50.6 Å². The summed E-state index contributed by atoms with van der Waals surface area (Å²) in [6.07, 6.45) is 0. The van der Waals surface area contributed by atoms with Gasteiger partial charge in [-0.3, -0.25) is 4.90 Å². The van der Waals surface area contributed by atoms with E-state index in [9.17, 15) is 0 Å². The van der Waals surface area contributed by atoms with E-state index in [1.807, 2.05) is 24.3 Å². The van der Waals surface area contributed by atoms with Crippen LogP contribution >= 0.6 is 35.4 Å². The van der Waals surface area contributed by atoms with E-state index >= 15 is 0 Å². The van der Waals surface area contributed by atoms with Crippen LogP contribution in [-0.4, -0.2) is 68.5 Å². The predicted octanol–water partition coefficient (Wildman–Crippen LogP) is 4.54. The third-order valence-electron chi connectivity index (χ3n) is 5.07. The lowest BCUT2D eigenvalue weighted by atomic mass is 10.2. The summed E-state index contributed by atoms with van der Waals surface area (Å²) in [7, 11) is 3.26. The summed E-state index contributed by atoms with van der Waals surface area (Å²) in [6.45, 7) is 5.66. The fraction of sp³-hybridized carbons (Fsp3) is 0.409. The summed E-state index contributed by atoms with van der Waals surface area (Å²) in [6, 6.07) is 11.3. The van der Waals surface area contributed by atoms with Gasteiger partial charge in [0.05, 0.1) is 37.5 Å². The first-order chi connectivity index (χ1) is 15.0. The van der Waals surface area contributed by atoms with Crippen molar-refractivity contribution in [2.75, 3.05) is 58.9 Å². The fourth-order valence-corrected chi connectivity index (χ4v) is 3.89. The molecule has 168 valence electrons. The number of benzene rings is 2. The lowest BCUT2D eigenvalue weighted by molar-refractivity contribution is 0.0358. The number of hydrogen-bond acceptors (Lipinski definition) is 5. The van der Waals surface area contributed by atoms with Crippen LogP contribution in [0.4, 0.5) is 5.69 Å². The summed E-state index contributed by atoms with van der Waals surface area (Å²) in [4.78, 5) is 4.52. The van der Waals surface area contributed by atoms with Gasteiger partial charge in [-0.05, 0) is 48.1 Å². The van der Waals surface area contributed by atoms with Gasteiger partial charge in [0.15, 0.2) is 16.6 Å². The van der Waals surface area contributed by atoms with Gasteiger partial charge in [0.1, 0.15) is 0 Å². The van der Waals surface area contributed by atoms with Crippen LogP contribution in [0, 0.1) is 0 Å². The molecule has 0 saturated carbocycles. The molecule has 1 saturated heterocycles. The van der Waals surface area contributed by atoms with Crippen LogP contribution < -0.4 is 14.8 Å². The lowest BCUT2D eigenvalue weighted by Gasteiger charge is -2.31. The third-order valence-corrected chi connectivity index (χ3v) is 6.17. The molecular formula is C22H27Cl2N3O3S. The Morgan fingerprint density at radius 2 is 1.81 bits per heavy atom. The highest BCUT2D eigenvalue weighted by Gasteiger charge is 2.16. The molecule has 1 N–H and O–H groups in total. The lowest BCUT2D eigenvalue weighted by Crippen LogP contribution is -2.43. The first-order valence-electron chi connectivity index (χ1n) is 10.0. The minimum atomic E-state index is 0.481. The third kappa shape index (κ3) is 6.85. The maximum absolute atomic E-state index is 6.16. The zero-order chi connectivity index (χ0) is 22.2. The van der Waals surface area contributed by atoms with Gasteiger partial charge in [-0.25, -0.2) is 0 Å². The van der Waals surface area contributed by atoms with E-state index in [0.29, 0.717) is 33.2 Å². The van der Waals surface area contributed by atoms with Gasteiger partial charge in [0.2, 0.25) is 0 Å². The normalized spacial score (nSPS) is 14.2. The minimum absolute atomic E-state index is 0.481. The summed E-state index contributed by atoms with van der Waals surface area (Å²) in [5, 5.41) is 4.88. The van der Waals surface area contributed by atoms with Crippen molar-refractivity contribution in [1.82, 2.24) is 9.80 Å². The number of methoxy groups -OCH3 is 2. The fourth-order valence-electron chi connectivity index (χ4n) is 3.32. The molecule has 9 heteroatoms. The predicted molar refractivity (Wildman–Crippen MR) is 130 cm³/mol. The number of anilines is 1. The van der Waals surface area contributed by atoms with E-state index < -0.39 is 0 Å². The van der Waals surface area contributed by atoms with Crippen molar-refractivity contribution < 1.29 is 14.2 Å². The van der Waals surface area contributed by atoms with Crippen LogP contribution in [0.15, 0.2) is 36.4 Å². The number of morpholine rings is 1. The second-order valence-electron chi connectivity index (χ2n) is 7.12. The Hall–Kier alpha value is -1.77. The molecule has 0 spiro atoms. The highest BCUT2D eigenvalue weighted by Crippen LogP contribution is 2.28. The number of nitrogens with zero attached hydrogens (tertiary/aromatic N) is 2. The van der Waals surface area contributed by atoms with Crippen molar-refractivity contribution in [1.29, 1.82) is 0 Å². The smallest absolute Gasteiger partial charge is 0.173 e. The highest BCUT2D eigenvalue weighted by molar-refractivity contribution is 7.80. The number of rotatable bonds is 8. The first kappa shape index (κ1) is 23.9. The van der Waals surface area contributed by atoms with Gasteiger partial charge in [0.25, 0.3) is 0 Å². The van der Waals surface area contributed by atoms with Crippen LogP contribution in [0.2, 0.25) is 10.0 Å². The molecule has 1 aliphatic heterocycles. The monoisotopic (exact) mass is 483 g/mol. The maximum atomic E-state index is 6.16. The summed E-state index contributed by atoms with van der Waals surface area (Å²) in [5.41, 5.74) is 1.86. The molecule has 0 radical (unpaired) electrons. The molecular weight excluding hydrogens is 457 g/mol. The number of ether oxygens (including phenoxy) is 3. The standard InChI is InChI=1S/C22H27Cl2N3O3S/c1-28-20-6-3-16(13-21(20)29-2)15-27(8-7-26-9-11-30-12-10-26)22(31)25-17-4-5-18(23)19(24)14-17/h3-6,13-14H,7-12,15H2,1-2H3,(H,25,31). The molecule has 2 aromatic carbocycles. The number of thiocarbonyl (C=S) groups is 1. The van der Waals surface area contributed by atoms with Crippen molar-refractivity contribution in [2.24, 2.45) is 0 Å². The molecule has 0 unspecified atom stereocenters. The van der Waals surface area contributed by atoms with E-state index in [2.05, 4.69) is 15.1 Å². The Morgan fingerprint density at radius 3 is 2.48 bits per heavy atom. The Bertz CT molecular complexity index is 894. The Balaban J connectivity index is 1.74. The number of halogens is 2. The van der Waals surface area contributed by atoms with E-state index in [4.69, 9.17) is 49.6 Å². The largest absolute Gasteiger partial charge is 0.493 e. The summed E-state index contributed by atoms with van der Waals surface area (Å²) >= 11 is 17.9. The summed E-state index contributed by atoms with van der Waals surface area (Å²) < 4.78 is 16.3. The molecule has 1 aliphatic rings. The highest BCUT2D eigenvalue weighted by atomic mass is 35.5. The van der Waals surface area contributed by atoms with E-state index in [1.54, 1.807) is 26.4 Å². The van der Waals surface area contributed by atoms with Crippen molar-refractivity contribution in [3.05, 3.63) is 52.0 Å². The molecule has 2 aromatic rings. The molecule has 0 aromatic heterocycles. The molecule has 3 rings (SSSR count). The van der Waals surface area contributed by atoms with E-state index in [-0.39, 0.29) is 0 Å². The van der Waals surface area contributed by atoms with Crippen LogP contribution in [0.3, 0.4) is 0 Å². The molecule has 0 bridgehead atoms. The second-order valence-corrected chi connectivity index (χ2v) is 8.33. The zero-order valence-electron chi connectivity index (χ0n) is 17.7. The molecule has 31 heavy (non-hydrogen) atoms. The van der Waals surface area contributed by atoms with Crippen LogP contribution in [0.25, 0.3) is 0 Å². The zero-order valence-corrected chi connectivity index (χ0v) is 20.0. The van der Waals surface area contributed by atoms with Crippen LogP contribution in [-0.2, 0) is 11.3 Å². The Kier molecular flexibility index (Phi) is 9.04. The molecule has 0 amide bonds. The van der Waals surface area contributed by atoms with E-state index in [1.165, 1.54) is 0 Å². The molecule has 0 atom stereocenters. The molecule has 6 nitrogen and oxygen atoms in total. The van der Waals surface area contributed by atoms with Gasteiger partial charge in [-0.15, -0.1) is 0 Å². The minimum Gasteiger partial charge on any atom is -0.493 e. The van der Waals surface area contributed by atoms with Gasteiger partial charge in [0, 0.05) is 38.4 Å². The van der Waals surface area contributed by atoms with Crippen molar-refractivity contribution in [3.8, 4) is 11.5 Å². The topological polar surface area (TPSA) is 46.2 Å². The molecule has 0 aliphatic carbocycles. The Labute approximate surface area is 199 Å². The Morgan fingerprint density at radius 1 is 1.06 bits per heavy atom.